The second-order valence-corrected chi connectivity index (χ2v) is 3.05. The summed E-state index contributed by atoms with van der Waals surface area (Å²) >= 11 is 0.879. The van der Waals surface area contributed by atoms with Crippen molar-refractivity contribution in [2.75, 3.05) is 6.54 Å². The van der Waals surface area contributed by atoms with Crippen molar-refractivity contribution in [1.82, 2.24) is 10.3 Å². The van der Waals surface area contributed by atoms with Crippen LogP contribution in [-0.4, -0.2) is 23.3 Å². The van der Waals surface area contributed by atoms with Crippen LogP contribution in [0.25, 0.3) is 0 Å². The molecular formula is C6H7N3O3S. The highest BCUT2D eigenvalue weighted by Gasteiger charge is 2.07. The number of thiazole rings is 1. The Morgan fingerprint density at radius 2 is 2.31 bits per heavy atom. The SMILES string of the molecule is NC(=O)CNC(=O)c1csc(=O)[nH]1. The molecule has 6 nitrogen and oxygen atoms in total. The van der Waals surface area contributed by atoms with Gasteiger partial charge in [0.25, 0.3) is 5.91 Å². The molecule has 0 radical (unpaired) electrons. The molecule has 1 aromatic heterocycles. The van der Waals surface area contributed by atoms with E-state index < -0.39 is 11.8 Å². The third-order valence-corrected chi connectivity index (χ3v) is 1.86. The van der Waals surface area contributed by atoms with Crippen LogP contribution in [0.2, 0.25) is 0 Å². The third kappa shape index (κ3) is 2.71. The van der Waals surface area contributed by atoms with Crippen LogP contribution < -0.4 is 15.9 Å². The average molecular weight is 201 g/mol. The van der Waals surface area contributed by atoms with Crippen molar-refractivity contribution in [3.8, 4) is 0 Å². The smallest absolute Gasteiger partial charge is 0.305 e. The standard InChI is InChI=1S/C6H7N3O3S/c7-4(10)1-8-5(11)3-2-13-6(12)9-3/h2H,1H2,(H2,7,10)(H,8,11)(H,9,12). The lowest BCUT2D eigenvalue weighted by atomic mass is 10.4. The second kappa shape index (κ2) is 3.85. The van der Waals surface area contributed by atoms with Gasteiger partial charge in [-0.05, 0) is 0 Å². The normalized spacial score (nSPS) is 9.54. The molecule has 0 saturated heterocycles. The van der Waals surface area contributed by atoms with Crippen molar-refractivity contribution in [2.24, 2.45) is 5.73 Å². The molecule has 1 aromatic rings. The van der Waals surface area contributed by atoms with Crippen LogP contribution in [0.4, 0.5) is 0 Å². The van der Waals surface area contributed by atoms with Gasteiger partial charge in [0.15, 0.2) is 0 Å². The number of carbonyl (C=O) groups excluding carboxylic acids is 2. The molecule has 2 amide bonds. The molecule has 0 aliphatic rings. The lowest BCUT2D eigenvalue weighted by Gasteiger charge is -1.98. The van der Waals surface area contributed by atoms with Gasteiger partial charge in [-0.3, -0.25) is 14.4 Å². The number of hydrogen-bond acceptors (Lipinski definition) is 4. The lowest BCUT2D eigenvalue weighted by molar-refractivity contribution is -0.117. The van der Waals surface area contributed by atoms with E-state index in [1.807, 2.05) is 0 Å². The number of aromatic amines is 1. The molecular weight excluding hydrogens is 194 g/mol. The summed E-state index contributed by atoms with van der Waals surface area (Å²) in [5, 5.41) is 3.61. The number of aromatic nitrogens is 1. The van der Waals surface area contributed by atoms with Crippen LogP contribution in [0.5, 0.6) is 0 Å². The Kier molecular flexibility index (Phi) is 2.80. The number of nitrogens with one attached hydrogen (secondary N) is 2. The quantitative estimate of drug-likeness (QED) is 0.563. The Bertz CT molecular complexity index is 380. The highest BCUT2D eigenvalue weighted by molar-refractivity contribution is 7.07. The van der Waals surface area contributed by atoms with E-state index in [1.165, 1.54) is 5.38 Å². The summed E-state index contributed by atoms with van der Waals surface area (Å²) in [6.45, 7) is -0.239. The summed E-state index contributed by atoms with van der Waals surface area (Å²) in [6, 6.07) is 0. The monoisotopic (exact) mass is 201 g/mol. The highest BCUT2D eigenvalue weighted by atomic mass is 32.1. The molecule has 0 unspecified atom stereocenters. The molecule has 0 aliphatic carbocycles. The first kappa shape index (κ1) is 9.46. The summed E-state index contributed by atoms with van der Waals surface area (Å²) in [5.74, 6) is -1.15. The van der Waals surface area contributed by atoms with E-state index in [9.17, 15) is 14.4 Å². The zero-order valence-corrected chi connectivity index (χ0v) is 7.31. The van der Waals surface area contributed by atoms with Crippen molar-refractivity contribution >= 4 is 23.2 Å². The molecule has 7 heteroatoms. The van der Waals surface area contributed by atoms with Gasteiger partial charge in [0.2, 0.25) is 5.91 Å². The molecule has 4 N–H and O–H groups in total. The molecule has 0 fully saturated rings. The van der Waals surface area contributed by atoms with Gasteiger partial charge < -0.3 is 16.0 Å². The van der Waals surface area contributed by atoms with E-state index in [-0.39, 0.29) is 17.1 Å². The minimum absolute atomic E-state index is 0.135. The van der Waals surface area contributed by atoms with Crippen molar-refractivity contribution in [3.63, 3.8) is 0 Å². The lowest BCUT2D eigenvalue weighted by Crippen LogP contribution is -2.33. The zero-order chi connectivity index (χ0) is 9.84. The Labute approximate surface area is 76.8 Å². The highest BCUT2D eigenvalue weighted by Crippen LogP contribution is 1.94. The van der Waals surface area contributed by atoms with Crippen molar-refractivity contribution in [2.45, 2.75) is 0 Å². The number of H-pyrrole nitrogens is 1. The fourth-order valence-corrected chi connectivity index (χ4v) is 1.21. The van der Waals surface area contributed by atoms with Gasteiger partial charge in [-0.25, -0.2) is 0 Å². The van der Waals surface area contributed by atoms with Gasteiger partial charge in [-0.2, -0.15) is 0 Å². The maximum absolute atomic E-state index is 11.1. The predicted octanol–water partition coefficient (Wildman–Crippen LogP) is -1.35. The third-order valence-electron chi connectivity index (χ3n) is 1.19. The Morgan fingerprint density at radius 3 is 2.77 bits per heavy atom. The van der Waals surface area contributed by atoms with E-state index >= 15 is 0 Å². The molecule has 13 heavy (non-hydrogen) atoms. The fourth-order valence-electron chi connectivity index (χ4n) is 0.654. The maximum Gasteiger partial charge on any atom is 0.305 e. The number of nitrogens with two attached hydrogens (primary N) is 1. The van der Waals surface area contributed by atoms with Gasteiger partial charge in [-0.15, -0.1) is 0 Å². The van der Waals surface area contributed by atoms with Crippen molar-refractivity contribution in [3.05, 3.63) is 20.7 Å². The minimum atomic E-state index is -0.633. The molecule has 0 spiro atoms. The summed E-state index contributed by atoms with van der Waals surface area (Å²) in [7, 11) is 0. The van der Waals surface area contributed by atoms with Gasteiger partial charge >= 0.3 is 4.87 Å². The van der Waals surface area contributed by atoms with Crippen LogP contribution in [0.15, 0.2) is 10.2 Å². The maximum atomic E-state index is 11.1. The van der Waals surface area contributed by atoms with Crippen LogP contribution >= 0.6 is 11.3 Å². The van der Waals surface area contributed by atoms with E-state index in [1.54, 1.807) is 0 Å². The molecule has 0 atom stereocenters. The average Bonchev–Trinajstić information content (AvgIpc) is 2.47. The van der Waals surface area contributed by atoms with Gasteiger partial charge in [0, 0.05) is 5.38 Å². The summed E-state index contributed by atoms with van der Waals surface area (Å²) in [5.41, 5.74) is 4.94. The molecule has 0 saturated carbocycles. The Hall–Kier alpha value is -1.63. The van der Waals surface area contributed by atoms with E-state index in [0.29, 0.717) is 0 Å². The number of carbonyl (C=O) groups is 2. The first-order valence-corrected chi connectivity index (χ1v) is 4.22. The first-order valence-electron chi connectivity index (χ1n) is 3.34. The zero-order valence-electron chi connectivity index (χ0n) is 6.49. The molecule has 1 rings (SSSR count). The van der Waals surface area contributed by atoms with E-state index in [2.05, 4.69) is 10.3 Å². The topological polar surface area (TPSA) is 105 Å². The number of hydrogen-bond donors (Lipinski definition) is 3. The number of amides is 2. The predicted molar refractivity (Wildman–Crippen MR) is 46.5 cm³/mol. The van der Waals surface area contributed by atoms with Gasteiger partial charge in [-0.1, -0.05) is 11.3 Å². The van der Waals surface area contributed by atoms with Crippen LogP contribution in [0, 0.1) is 0 Å². The Balaban J connectivity index is 2.59. The first-order chi connectivity index (χ1) is 6.09. The summed E-state index contributed by atoms with van der Waals surface area (Å²) < 4.78 is 0. The fraction of sp³-hybridized carbons (Fsp3) is 0.167. The van der Waals surface area contributed by atoms with E-state index in [4.69, 9.17) is 5.73 Å². The van der Waals surface area contributed by atoms with E-state index in [0.717, 1.165) is 11.3 Å². The van der Waals surface area contributed by atoms with Gasteiger partial charge in [0.05, 0.1) is 6.54 Å². The number of rotatable bonds is 3. The molecule has 0 aromatic carbocycles. The minimum Gasteiger partial charge on any atom is -0.368 e. The molecule has 0 bridgehead atoms. The summed E-state index contributed by atoms with van der Waals surface area (Å²) in [6.07, 6.45) is 0. The summed E-state index contributed by atoms with van der Waals surface area (Å²) in [4.78, 5) is 34.0. The molecule has 1 heterocycles. The van der Waals surface area contributed by atoms with Crippen molar-refractivity contribution in [1.29, 1.82) is 0 Å². The van der Waals surface area contributed by atoms with Crippen molar-refractivity contribution < 1.29 is 9.59 Å². The van der Waals surface area contributed by atoms with Gasteiger partial charge in [0.1, 0.15) is 5.69 Å². The second-order valence-electron chi connectivity index (χ2n) is 2.21. The Morgan fingerprint density at radius 1 is 1.62 bits per heavy atom. The molecule has 70 valence electrons. The molecule has 0 aliphatic heterocycles. The van der Waals surface area contributed by atoms with Crippen LogP contribution in [-0.2, 0) is 4.79 Å². The van der Waals surface area contributed by atoms with Crippen LogP contribution in [0.3, 0.4) is 0 Å². The number of primary amides is 1. The van der Waals surface area contributed by atoms with Crippen LogP contribution in [0.1, 0.15) is 10.5 Å². The largest absolute Gasteiger partial charge is 0.368 e.